The molecule has 1 aromatic carbocycles. The molecule has 1 aliphatic heterocycles. The molecule has 1 atom stereocenters. The Kier molecular flexibility index (Phi) is 2.65. The molecule has 2 heterocycles. The number of likely N-dealkylation sites (N-methyl/N-ethyl adjacent to an activating group) is 1. The molecule has 0 saturated carbocycles. The molecule has 0 amide bonds. The number of rotatable bonds is 1. The number of hydrogen-bond acceptors (Lipinski definition) is 2. The molecular formula is C14H19N3. The number of nitrogens with zero attached hydrogens (tertiary/aromatic N) is 1. The van der Waals surface area contributed by atoms with E-state index < -0.39 is 0 Å². The maximum Gasteiger partial charge on any atom is 0.0470 e. The maximum atomic E-state index is 3.60. The molecule has 1 unspecified atom stereocenters. The highest BCUT2D eigenvalue weighted by Crippen LogP contribution is 2.26. The van der Waals surface area contributed by atoms with Crippen molar-refractivity contribution in [2.75, 3.05) is 26.7 Å². The van der Waals surface area contributed by atoms with Gasteiger partial charge in [0.25, 0.3) is 0 Å². The molecule has 1 aromatic heterocycles. The van der Waals surface area contributed by atoms with Gasteiger partial charge in [-0.05, 0) is 31.2 Å². The zero-order chi connectivity index (χ0) is 11.8. The number of piperazine rings is 1. The van der Waals surface area contributed by atoms with Crippen molar-refractivity contribution in [3.63, 3.8) is 0 Å². The number of fused-ring (bicyclic) bond motifs is 1. The van der Waals surface area contributed by atoms with Crippen molar-refractivity contribution in [1.82, 2.24) is 15.2 Å². The van der Waals surface area contributed by atoms with Crippen LogP contribution in [-0.2, 0) is 0 Å². The molecule has 0 bridgehead atoms. The van der Waals surface area contributed by atoms with Gasteiger partial charge in [-0.25, -0.2) is 0 Å². The number of nitrogens with one attached hydrogen (secondary N) is 2. The van der Waals surface area contributed by atoms with Crippen LogP contribution in [0.2, 0.25) is 0 Å². The van der Waals surface area contributed by atoms with E-state index in [4.69, 9.17) is 0 Å². The highest BCUT2D eigenvalue weighted by Gasteiger charge is 2.20. The monoisotopic (exact) mass is 229 g/mol. The van der Waals surface area contributed by atoms with Gasteiger partial charge in [-0.1, -0.05) is 12.1 Å². The average Bonchev–Trinajstić information content (AvgIpc) is 2.71. The normalized spacial score (nSPS) is 22.1. The summed E-state index contributed by atoms with van der Waals surface area (Å²) in [7, 11) is 2.19. The summed E-state index contributed by atoms with van der Waals surface area (Å²) in [6, 6.07) is 7.08. The predicted octanol–water partition coefficient (Wildman–Crippen LogP) is 2.05. The summed E-state index contributed by atoms with van der Waals surface area (Å²) >= 11 is 0. The highest BCUT2D eigenvalue weighted by molar-refractivity contribution is 5.84. The summed E-state index contributed by atoms with van der Waals surface area (Å²) in [5.41, 5.74) is 3.95. The van der Waals surface area contributed by atoms with E-state index in [9.17, 15) is 0 Å². The molecule has 3 heteroatoms. The van der Waals surface area contributed by atoms with E-state index in [1.54, 1.807) is 0 Å². The van der Waals surface area contributed by atoms with E-state index in [0.717, 1.165) is 19.6 Å². The second kappa shape index (κ2) is 4.17. The van der Waals surface area contributed by atoms with E-state index in [1.165, 1.54) is 22.0 Å². The lowest BCUT2D eigenvalue weighted by atomic mass is 10.0. The number of benzene rings is 1. The van der Waals surface area contributed by atoms with Gasteiger partial charge in [-0.15, -0.1) is 0 Å². The molecular weight excluding hydrogens is 210 g/mol. The molecule has 0 radical (unpaired) electrons. The molecule has 90 valence electrons. The average molecular weight is 229 g/mol. The zero-order valence-electron chi connectivity index (χ0n) is 10.5. The fourth-order valence-corrected chi connectivity index (χ4v) is 2.66. The third-order valence-electron chi connectivity index (χ3n) is 3.62. The first-order valence-electron chi connectivity index (χ1n) is 6.23. The quantitative estimate of drug-likeness (QED) is 0.784. The van der Waals surface area contributed by atoms with Gasteiger partial charge in [0.15, 0.2) is 0 Å². The molecule has 3 rings (SSSR count). The van der Waals surface area contributed by atoms with Crippen LogP contribution in [0, 0.1) is 6.92 Å². The summed E-state index contributed by atoms with van der Waals surface area (Å²) < 4.78 is 0. The van der Waals surface area contributed by atoms with E-state index in [2.05, 4.69) is 53.6 Å². The summed E-state index contributed by atoms with van der Waals surface area (Å²) in [5, 5.41) is 4.95. The summed E-state index contributed by atoms with van der Waals surface area (Å²) in [6.07, 6.45) is 2.15. The van der Waals surface area contributed by atoms with Crippen LogP contribution < -0.4 is 5.32 Å². The van der Waals surface area contributed by atoms with Crippen LogP contribution in [-0.4, -0.2) is 36.6 Å². The molecule has 1 saturated heterocycles. The SMILES string of the molecule is Cc1ccc2c(C3CN(C)CCN3)c[nH]c2c1. The molecule has 1 aliphatic rings. The molecule has 2 N–H and O–H groups in total. The Labute approximate surface area is 102 Å². The topological polar surface area (TPSA) is 31.1 Å². The van der Waals surface area contributed by atoms with Crippen LogP contribution in [0.15, 0.2) is 24.4 Å². The molecule has 1 fully saturated rings. The summed E-state index contributed by atoms with van der Waals surface area (Å²) in [5.74, 6) is 0. The fourth-order valence-electron chi connectivity index (χ4n) is 2.66. The van der Waals surface area contributed by atoms with Gasteiger partial charge in [0.1, 0.15) is 0 Å². The van der Waals surface area contributed by atoms with E-state index in [0.29, 0.717) is 6.04 Å². The van der Waals surface area contributed by atoms with Crippen LogP contribution in [0.1, 0.15) is 17.2 Å². The Morgan fingerprint density at radius 3 is 3.06 bits per heavy atom. The Morgan fingerprint density at radius 1 is 1.35 bits per heavy atom. The molecule has 17 heavy (non-hydrogen) atoms. The highest BCUT2D eigenvalue weighted by atomic mass is 15.2. The summed E-state index contributed by atoms with van der Waals surface area (Å²) in [6.45, 7) is 5.42. The molecule has 0 spiro atoms. The second-order valence-corrected chi connectivity index (χ2v) is 5.06. The minimum absolute atomic E-state index is 0.449. The van der Waals surface area contributed by atoms with Crippen LogP contribution in [0.3, 0.4) is 0 Å². The second-order valence-electron chi connectivity index (χ2n) is 5.06. The minimum Gasteiger partial charge on any atom is -0.361 e. The third kappa shape index (κ3) is 1.96. The van der Waals surface area contributed by atoms with Gasteiger partial charge in [0, 0.05) is 42.8 Å². The van der Waals surface area contributed by atoms with Crippen molar-refractivity contribution in [1.29, 1.82) is 0 Å². The lowest BCUT2D eigenvalue weighted by molar-refractivity contribution is 0.241. The van der Waals surface area contributed by atoms with Gasteiger partial charge < -0.3 is 15.2 Å². The molecule has 2 aromatic rings. The molecule has 0 aliphatic carbocycles. The van der Waals surface area contributed by atoms with Gasteiger partial charge in [0.2, 0.25) is 0 Å². The van der Waals surface area contributed by atoms with E-state index >= 15 is 0 Å². The fraction of sp³-hybridized carbons (Fsp3) is 0.429. The van der Waals surface area contributed by atoms with Crippen LogP contribution in [0.25, 0.3) is 10.9 Å². The van der Waals surface area contributed by atoms with Crippen LogP contribution >= 0.6 is 0 Å². The number of hydrogen-bond donors (Lipinski definition) is 2. The first kappa shape index (κ1) is 10.8. The summed E-state index contributed by atoms with van der Waals surface area (Å²) in [4.78, 5) is 5.77. The first-order valence-corrected chi connectivity index (χ1v) is 6.23. The van der Waals surface area contributed by atoms with Crippen LogP contribution in [0.5, 0.6) is 0 Å². The van der Waals surface area contributed by atoms with Gasteiger partial charge in [-0.2, -0.15) is 0 Å². The van der Waals surface area contributed by atoms with Crippen molar-refractivity contribution < 1.29 is 0 Å². The van der Waals surface area contributed by atoms with Crippen molar-refractivity contribution in [2.45, 2.75) is 13.0 Å². The van der Waals surface area contributed by atoms with E-state index in [1.807, 2.05) is 0 Å². The Morgan fingerprint density at radius 2 is 2.24 bits per heavy atom. The predicted molar refractivity (Wildman–Crippen MR) is 71.3 cm³/mol. The maximum absolute atomic E-state index is 3.60. The molecule has 3 nitrogen and oxygen atoms in total. The largest absolute Gasteiger partial charge is 0.361 e. The standard InChI is InChI=1S/C14H19N3/c1-10-3-4-11-12(8-16-13(11)7-10)14-9-17(2)6-5-15-14/h3-4,7-8,14-16H,5-6,9H2,1-2H3. The van der Waals surface area contributed by atoms with Crippen molar-refractivity contribution >= 4 is 10.9 Å². The number of aromatic nitrogens is 1. The number of aryl methyl sites for hydroxylation is 1. The van der Waals surface area contributed by atoms with Gasteiger partial charge in [-0.3, -0.25) is 0 Å². The number of aromatic amines is 1. The Balaban J connectivity index is 1.99. The van der Waals surface area contributed by atoms with E-state index in [-0.39, 0.29) is 0 Å². The van der Waals surface area contributed by atoms with Gasteiger partial charge >= 0.3 is 0 Å². The minimum atomic E-state index is 0.449. The van der Waals surface area contributed by atoms with Crippen molar-refractivity contribution in [3.05, 3.63) is 35.5 Å². The Hall–Kier alpha value is -1.32. The number of H-pyrrole nitrogens is 1. The lowest BCUT2D eigenvalue weighted by Gasteiger charge is -2.30. The first-order chi connectivity index (χ1) is 8.24. The van der Waals surface area contributed by atoms with Crippen LogP contribution in [0.4, 0.5) is 0 Å². The Bertz CT molecular complexity index is 529. The van der Waals surface area contributed by atoms with Crippen molar-refractivity contribution in [2.24, 2.45) is 0 Å². The lowest BCUT2D eigenvalue weighted by Crippen LogP contribution is -2.43. The van der Waals surface area contributed by atoms with Crippen molar-refractivity contribution in [3.8, 4) is 0 Å². The van der Waals surface area contributed by atoms with Gasteiger partial charge in [0.05, 0.1) is 0 Å². The zero-order valence-corrected chi connectivity index (χ0v) is 10.5. The third-order valence-corrected chi connectivity index (χ3v) is 3.62. The smallest absolute Gasteiger partial charge is 0.0470 e.